The highest BCUT2D eigenvalue weighted by molar-refractivity contribution is 6.46. The van der Waals surface area contributed by atoms with Crippen LogP contribution >= 0.6 is 0 Å². The fourth-order valence-corrected chi connectivity index (χ4v) is 4.10. The summed E-state index contributed by atoms with van der Waals surface area (Å²) in [5, 5.41) is 13.1. The lowest BCUT2D eigenvalue weighted by Crippen LogP contribution is -2.35. The molecule has 31 heavy (non-hydrogen) atoms. The first kappa shape index (κ1) is 20.8. The van der Waals surface area contributed by atoms with Crippen LogP contribution in [0, 0.1) is 6.92 Å². The smallest absolute Gasteiger partial charge is 0.295 e. The van der Waals surface area contributed by atoms with Crippen LogP contribution in [0.25, 0.3) is 16.5 Å². The Hall–Kier alpha value is -3.44. The summed E-state index contributed by atoms with van der Waals surface area (Å²) in [7, 11) is 3.85. The zero-order chi connectivity index (χ0) is 22.1. The Morgan fingerprint density at radius 2 is 1.65 bits per heavy atom. The molecule has 1 fully saturated rings. The van der Waals surface area contributed by atoms with E-state index in [1.54, 1.807) is 17.0 Å². The van der Waals surface area contributed by atoms with Gasteiger partial charge >= 0.3 is 0 Å². The molecular weight excluding hydrogens is 388 g/mol. The maximum Gasteiger partial charge on any atom is 0.295 e. The number of nitrogens with zero attached hydrogens (tertiary/aromatic N) is 2. The molecule has 1 aliphatic heterocycles. The van der Waals surface area contributed by atoms with Gasteiger partial charge in [-0.05, 0) is 37.4 Å². The molecule has 1 saturated heterocycles. The molecule has 0 bridgehead atoms. The molecule has 3 aromatic rings. The highest BCUT2D eigenvalue weighted by Gasteiger charge is 2.46. The Morgan fingerprint density at radius 3 is 2.35 bits per heavy atom. The number of amides is 1. The molecular formula is C26H26N2O3. The molecule has 3 aromatic carbocycles. The Balaban J connectivity index is 1.93. The Morgan fingerprint density at radius 1 is 0.968 bits per heavy atom. The molecule has 1 amide bonds. The SMILES string of the molecule is Cc1ccc(/C(O)=C2/C(=O)C(=O)N(CCN(C)C)C2c2cccc3ccccc23)cc1. The number of aryl methyl sites for hydroxylation is 1. The monoisotopic (exact) mass is 414 g/mol. The number of aliphatic hydroxyl groups is 1. The molecule has 0 spiro atoms. The van der Waals surface area contributed by atoms with Crippen LogP contribution in [0.1, 0.15) is 22.7 Å². The van der Waals surface area contributed by atoms with Crippen molar-refractivity contribution in [2.24, 2.45) is 0 Å². The quantitative estimate of drug-likeness (QED) is 0.387. The molecule has 5 nitrogen and oxygen atoms in total. The first-order valence-corrected chi connectivity index (χ1v) is 10.4. The van der Waals surface area contributed by atoms with E-state index >= 15 is 0 Å². The minimum atomic E-state index is -0.646. The van der Waals surface area contributed by atoms with E-state index in [0.29, 0.717) is 18.7 Å². The van der Waals surface area contributed by atoms with Crippen molar-refractivity contribution < 1.29 is 14.7 Å². The van der Waals surface area contributed by atoms with E-state index in [4.69, 9.17) is 0 Å². The third-order valence-corrected chi connectivity index (χ3v) is 5.77. The molecule has 5 heteroatoms. The summed E-state index contributed by atoms with van der Waals surface area (Å²) >= 11 is 0. The van der Waals surface area contributed by atoms with Gasteiger partial charge in [0, 0.05) is 18.7 Å². The molecule has 0 radical (unpaired) electrons. The number of aliphatic hydroxyl groups excluding tert-OH is 1. The zero-order valence-corrected chi connectivity index (χ0v) is 18.0. The highest BCUT2D eigenvalue weighted by Crippen LogP contribution is 2.41. The fraction of sp³-hybridized carbons (Fsp3) is 0.231. The lowest BCUT2D eigenvalue weighted by Gasteiger charge is -2.27. The second-order valence-electron chi connectivity index (χ2n) is 8.23. The first-order chi connectivity index (χ1) is 14.9. The number of carbonyl (C=O) groups is 2. The van der Waals surface area contributed by atoms with Crippen LogP contribution in [0.5, 0.6) is 0 Å². The summed E-state index contributed by atoms with van der Waals surface area (Å²) < 4.78 is 0. The number of carbonyl (C=O) groups excluding carboxylic acids is 2. The van der Waals surface area contributed by atoms with Crippen molar-refractivity contribution in [3.8, 4) is 0 Å². The first-order valence-electron chi connectivity index (χ1n) is 10.4. The van der Waals surface area contributed by atoms with Crippen molar-refractivity contribution in [2.45, 2.75) is 13.0 Å². The van der Waals surface area contributed by atoms with Gasteiger partial charge in [0.1, 0.15) is 5.76 Å². The number of fused-ring (bicyclic) bond motifs is 1. The Labute approximate surface area is 182 Å². The normalized spacial score (nSPS) is 18.3. The van der Waals surface area contributed by atoms with E-state index in [9.17, 15) is 14.7 Å². The second kappa shape index (κ2) is 8.36. The minimum Gasteiger partial charge on any atom is -0.507 e. The summed E-state index contributed by atoms with van der Waals surface area (Å²) in [5.74, 6) is -1.35. The van der Waals surface area contributed by atoms with Gasteiger partial charge in [-0.1, -0.05) is 72.3 Å². The van der Waals surface area contributed by atoms with Crippen LogP contribution in [0.2, 0.25) is 0 Å². The molecule has 1 atom stereocenters. The fourth-order valence-electron chi connectivity index (χ4n) is 4.10. The van der Waals surface area contributed by atoms with Crippen molar-refractivity contribution in [3.05, 3.63) is 89.0 Å². The molecule has 158 valence electrons. The largest absolute Gasteiger partial charge is 0.507 e. The second-order valence-corrected chi connectivity index (χ2v) is 8.23. The van der Waals surface area contributed by atoms with Gasteiger partial charge in [0.15, 0.2) is 0 Å². The van der Waals surface area contributed by atoms with Gasteiger partial charge in [-0.2, -0.15) is 0 Å². The molecule has 0 aromatic heterocycles. The van der Waals surface area contributed by atoms with E-state index < -0.39 is 17.7 Å². The number of hydrogen-bond acceptors (Lipinski definition) is 4. The van der Waals surface area contributed by atoms with Gasteiger partial charge in [0.2, 0.25) is 0 Å². The topological polar surface area (TPSA) is 60.9 Å². The maximum absolute atomic E-state index is 13.1. The number of Topliss-reactive ketones (excluding diaryl/α,β-unsaturated/α-hetero) is 1. The molecule has 1 N–H and O–H groups in total. The predicted octanol–water partition coefficient (Wildman–Crippen LogP) is 4.13. The Kier molecular flexibility index (Phi) is 5.61. The molecule has 1 aliphatic rings. The number of hydrogen-bond donors (Lipinski definition) is 1. The Bertz CT molecular complexity index is 1170. The lowest BCUT2D eigenvalue weighted by atomic mass is 9.91. The van der Waals surface area contributed by atoms with E-state index in [1.165, 1.54) is 0 Å². The summed E-state index contributed by atoms with van der Waals surface area (Å²) in [4.78, 5) is 29.7. The number of rotatable bonds is 5. The van der Waals surface area contributed by atoms with E-state index in [1.807, 2.05) is 80.5 Å². The minimum absolute atomic E-state index is 0.136. The van der Waals surface area contributed by atoms with Crippen LogP contribution in [-0.4, -0.2) is 53.8 Å². The third-order valence-electron chi connectivity index (χ3n) is 5.77. The van der Waals surface area contributed by atoms with Crippen LogP contribution in [0.15, 0.2) is 72.3 Å². The lowest BCUT2D eigenvalue weighted by molar-refractivity contribution is -0.140. The summed E-state index contributed by atoms with van der Waals surface area (Å²) in [6.45, 7) is 2.95. The van der Waals surface area contributed by atoms with Crippen molar-refractivity contribution in [2.75, 3.05) is 27.2 Å². The summed E-state index contributed by atoms with van der Waals surface area (Å²) in [6, 6.07) is 20.4. The van der Waals surface area contributed by atoms with Crippen LogP contribution in [-0.2, 0) is 9.59 Å². The van der Waals surface area contributed by atoms with Gasteiger partial charge in [0.05, 0.1) is 11.6 Å². The molecule has 0 aliphatic carbocycles. The number of likely N-dealkylation sites (N-methyl/N-ethyl adjacent to an activating group) is 1. The van der Waals surface area contributed by atoms with Crippen molar-refractivity contribution in [1.82, 2.24) is 9.80 Å². The molecule has 1 heterocycles. The zero-order valence-electron chi connectivity index (χ0n) is 18.0. The average molecular weight is 415 g/mol. The molecule has 4 rings (SSSR count). The van der Waals surface area contributed by atoms with Crippen molar-refractivity contribution in [3.63, 3.8) is 0 Å². The number of ketones is 1. The number of likely N-dealkylation sites (tertiary alicyclic amines) is 1. The van der Waals surface area contributed by atoms with Crippen molar-refractivity contribution >= 4 is 28.2 Å². The molecule has 0 saturated carbocycles. The van der Waals surface area contributed by atoms with Gasteiger partial charge in [0.25, 0.3) is 11.7 Å². The van der Waals surface area contributed by atoms with E-state index in [0.717, 1.165) is 21.9 Å². The summed E-state index contributed by atoms with van der Waals surface area (Å²) in [5.41, 5.74) is 2.56. The van der Waals surface area contributed by atoms with E-state index in [-0.39, 0.29) is 11.3 Å². The standard InChI is InChI=1S/C26H26N2O3/c1-17-11-13-19(14-12-17)24(29)22-23(28(16-15-27(2)3)26(31)25(22)30)21-10-6-8-18-7-4-5-9-20(18)21/h4-14,23,29H,15-16H2,1-3H3/b24-22-. The predicted molar refractivity (Wildman–Crippen MR) is 123 cm³/mol. The van der Waals surface area contributed by atoms with Crippen LogP contribution in [0.3, 0.4) is 0 Å². The average Bonchev–Trinajstić information content (AvgIpc) is 3.02. The molecule has 1 unspecified atom stereocenters. The van der Waals surface area contributed by atoms with Gasteiger partial charge in [-0.25, -0.2) is 0 Å². The highest BCUT2D eigenvalue weighted by atomic mass is 16.3. The van der Waals surface area contributed by atoms with E-state index in [2.05, 4.69) is 0 Å². The van der Waals surface area contributed by atoms with Crippen LogP contribution < -0.4 is 0 Å². The van der Waals surface area contributed by atoms with Crippen LogP contribution in [0.4, 0.5) is 0 Å². The maximum atomic E-state index is 13.1. The van der Waals surface area contributed by atoms with Gasteiger partial charge in [-0.3, -0.25) is 9.59 Å². The van der Waals surface area contributed by atoms with Gasteiger partial charge in [-0.15, -0.1) is 0 Å². The number of benzene rings is 3. The van der Waals surface area contributed by atoms with Crippen molar-refractivity contribution in [1.29, 1.82) is 0 Å². The summed E-state index contributed by atoms with van der Waals surface area (Å²) in [6.07, 6.45) is 0. The van der Waals surface area contributed by atoms with Gasteiger partial charge < -0.3 is 14.9 Å². The third kappa shape index (κ3) is 3.84.